The molecular formula is C21H27ClN6O. The van der Waals surface area contributed by atoms with E-state index in [1.807, 2.05) is 23.1 Å². The molecule has 0 spiro atoms. The maximum Gasteiger partial charge on any atom is 0.0794 e. The number of likely N-dealkylation sites (tertiary alicyclic amines) is 1. The fourth-order valence-electron chi connectivity index (χ4n) is 4.40. The van der Waals surface area contributed by atoms with Crippen molar-refractivity contribution >= 4 is 34.9 Å². The van der Waals surface area contributed by atoms with E-state index in [-0.39, 0.29) is 6.10 Å². The molecule has 2 aromatic rings. The van der Waals surface area contributed by atoms with Crippen molar-refractivity contribution < 1.29 is 5.11 Å². The van der Waals surface area contributed by atoms with Gasteiger partial charge < -0.3 is 20.7 Å². The van der Waals surface area contributed by atoms with E-state index < -0.39 is 0 Å². The lowest BCUT2D eigenvalue weighted by molar-refractivity contribution is -0.0300. The standard InChI is InChI=1S/C21H27ClN6O/c22-19-7-14(9-23)20(25-15-10-24-28(11-15)17-1-2-17)8-21(19)26-5-3-16(4-6-26)27-12-18(29)13-27/h7-11,16-18,23,25,29H,1-6,12-13H2. The van der Waals surface area contributed by atoms with E-state index in [1.54, 1.807) is 0 Å². The Bertz CT molecular complexity index is 897. The highest BCUT2D eigenvalue weighted by molar-refractivity contribution is 6.33. The van der Waals surface area contributed by atoms with Gasteiger partial charge in [0.2, 0.25) is 0 Å². The lowest BCUT2D eigenvalue weighted by atomic mass is 9.98. The van der Waals surface area contributed by atoms with Gasteiger partial charge in [0.15, 0.2) is 0 Å². The van der Waals surface area contributed by atoms with Gasteiger partial charge in [-0.3, -0.25) is 9.58 Å². The topological polar surface area (TPSA) is 80.4 Å². The summed E-state index contributed by atoms with van der Waals surface area (Å²) in [4.78, 5) is 4.72. The number of nitrogens with one attached hydrogen (secondary N) is 2. The molecule has 0 atom stereocenters. The Morgan fingerprint density at radius 3 is 2.55 bits per heavy atom. The van der Waals surface area contributed by atoms with Gasteiger partial charge in [-0.2, -0.15) is 5.10 Å². The Hall–Kier alpha value is -2.09. The summed E-state index contributed by atoms with van der Waals surface area (Å²) in [6.07, 6.45) is 9.62. The molecule has 3 aliphatic rings. The van der Waals surface area contributed by atoms with Crippen molar-refractivity contribution in [3.8, 4) is 0 Å². The van der Waals surface area contributed by atoms with Crippen LogP contribution in [0.4, 0.5) is 17.1 Å². The van der Waals surface area contributed by atoms with Crippen molar-refractivity contribution in [1.82, 2.24) is 14.7 Å². The summed E-state index contributed by atoms with van der Waals surface area (Å²) in [5.74, 6) is 0. The summed E-state index contributed by atoms with van der Waals surface area (Å²) in [6.45, 7) is 3.50. The summed E-state index contributed by atoms with van der Waals surface area (Å²) >= 11 is 6.59. The van der Waals surface area contributed by atoms with Gasteiger partial charge in [0.1, 0.15) is 0 Å². The van der Waals surface area contributed by atoms with Crippen molar-refractivity contribution in [2.24, 2.45) is 0 Å². The molecule has 2 saturated heterocycles. The zero-order valence-corrected chi connectivity index (χ0v) is 17.1. The van der Waals surface area contributed by atoms with E-state index in [0.29, 0.717) is 17.1 Å². The van der Waals surface area contributed by atoms with Gasteiger partial charge in [-0.15, -0.1) is 0 Å². The first-order valence-electron chi connectivity index (χ1n) is 10.4. The number of aliphatic hydroxyl groups excluding tert-OH is 1. The molecule has 3 fully saturated rings. The van der Waals surface area contributed by atoms with Crippen LogP contribution >= 0.6 is 11.6 Å². The highest BCUT2D eigenvalue weighted by Crippen LogP contribution is 2.37. The number of nitrogens with zero attached hydrogens (tertiary/aromatic N) is 4. The minimum absolute atomic E-state index is 0.144. The van der Waals surface area contributed by atoms with E-state index in [2.05, 4.69) is 26.3 Å². The third-order valence-corrected chi connectivity index (χ3v) is 6.59. The minimum Gasteiger partial charge on any atom is -0.390 e. The maximum atomic E-state index is 9.55. The molecule has 1 aliphatic carbocycles. The Balaban J connectivity index is 1.32. The number of aliphatic hydroxyl groups is 1. The second kappa shape index (κ2) is 7.63. The van der Waals surface area contributed by atoms with Gasteiger partial charge >= 0.3 is 0 Å². The molecule has 0 bridgehead atoms. The zero-order valence-electron chi connectivity index (χ0n) is 16.4. The average molecular weight is 415 g/mol. The number of rotatable bonds is 6. The molecule has 7 nitrogen and oxygen atoms in total. The Morgan fingerprint density at radius 1 is 1.14 bits per heavy atom. The van der Waals surface area contributed by atoms with Gasteiger partial charge in [0.25, 0.3) is 0 Å². The van der Waals surface area contributed by atoms with Crippen LogP contribution in [0, 0.1) is 5.41 Å². The van der Waals surface area contributed by atoms with E-state index >= 15 is 0 Å². The lowest BCUT2D eigenvalue weighted by Gasteiger charge is -2.45. The number of halogens is 1. The molecule has 0 unspecified atom stereocenters. The predicted molar refractivity (Wildman–Crippen MR) is 116 cm³/mol. The molecule has 29 heavy (non-hydrogen) atoms. The van der Waals surface area contributed by atoms with Gasteiger partial charge in [-0.05, 0) is 37.8 Å². The molecule has 5 rings (SSSR count). The van der Waals surface area contributed by atoms with Crippen molar-refractivity contribution in [1.29, 1.82) is 5.41 Å². The van der Waals surface area contributed by atoms with Gasteiger partial charge in [0, 0.05) is 55.9 Å². The molecule has 154 valence electrons. The molecular weight excluding hydrogens is 388 g/mol. The van der Waals surface area contributed by atoms with E-state index in [4.69, 9.17) is 17.0 Å². The minimum atomic E-state index is -0.144. The fraction of sp³-hybridized carbons (Fsp3) is 0.524. The van der Waals surface area contributed by atoms with Gasteiger partial charge in [0.05, 0.1) is 34.7 Å². The largest absolute Gasteiger partial charge is 0.390 e. The van der Waals surface area contributed by atoms with Crippen LogP contribution in [-0.2, 0) is 0 Å². The third-order valence-electron chi connectivity index (χ3n) is 6.29. The predicted octanol–water partition coefficient (Wildman–Crippen LogP) is 3.26. The second-order valence-corrected chi connectivity index (χ2v) is 8.83. The summed E-state index contributed by atoms with van der Waals surface area (Å²) in [7, 11) is 0. The number of hydrogen-bond acceptors (Lipinski definition) is 6. The molecule has 3 heterocycles. The van der Waals surface area contributed by atoms with Crippen LogP contribution in [0.1, 0.15) is 37.3 Å². The molecule has 1 saturated carbocycles. The van der Waals surface area contributed by atoms with Crippen molar-refractivity contribution in [3.05, 3.63) is 35.1 Å². The second-order valence-electron chi connectivity index (χ2n) is 8.43. The molecule has 1 aromatic heterocycles. The van der Waals surface area contributed by atoms with E-state index in [9.17, 15) is 5.11 Å². The van der Waals surface area contributed by atoms with Crippen LogP contribution < -0.4 is 10.2 Å². The van der Waals surface area contributed by atoms with Crippen LogP contribution in [0.25, 0.3) is 0 Å². The number of anilines is 3. The Morgan fingerprint density at radius 2 is 1.90 bits per heavy atom. The maximum absolute atomic E-state index is 9.55. The number of aromatic nitrogens is 2. The highest BCUT2D eigenvalue weighted by atomic mass is 35.5. The number of piperidine rings is 1. The van der Waals surface area contributed by atoms with Crippen LogP contribution in [0.5, 0.6) is 0 Å². The smallest absolute Gasteiger partial charge is 0.0794 e. The van der Waals surface area contributed by atoms with Gasteiger partial charge in [-0.1, -0.05) is 11.6 Å². The molecule has 2 aliphatic heterocycles. The van der Waals surface area contributed by atoms with Gasteiger partial charge in [-0.25, -0.2) is 0 Å². The Kier molecular flexibility index (Phi) is 4.97. The van der Waals surface area contributed by atoms with E-state index in [0.717, 1.165) is 61.6 Å². The molecule has 8 heteroatoms. The Labute approximate surface area is 175 Å². The SMILES string of the molecule is N=Cc1cc(Cl)c(N2CCC(N3CC(O)C3)CC2)cc1Nc1cnn(C2CC2)c1. The van der Waals surface area contributed by atoms with Crippen LogP contribution in [0.2, 0.25) is 5.02 Å². The van der Waals surface area contributed by atoms with E-state index in [1.165, 1.54) is 19.1 Å². The number of hydrogen-bond donors (Lipinski definition) is 3. The summed E-state index contributed by atoms with van der Waals surface area (Å²) in [5, 5.41) is 25.9. The van der Waals surface area contributed by atoms with Crippen LogP contribution in [-0.4, -0.2) is 64.3 Å². The summed E-state index contributed by atoms with van der Waals surface area (Å²) in [5.41, 5.74) is 3.59. The zero-order chi connectivity index (χ0) is 20.0. The first-order valence-corrected chi connectivity index (χ1v) is 10.8. The quantitative estimate of drug-likeness (QED) is 0.632. The highest BCUT2D eigenvalue weighted by Gasteiger charge is 2.33. The number of benzene rings is 1. The number of β-amino-alcohol motifs (C(OH)–C–C–N with tert-alkyl or cyclic N) is 1. The molecule has 1 aromatic carbocycles. The normalized spacial score (nSPS) is 21.2. The summed E-state index contributed by atoms with van der Waals surface area (Å²) in [6, 6.07) is 5.03. The summed E-state index contributed by atoms with van der Waals surface area (Å²) < 4.78 is 2.01. The fourth-order valence-corrected chi connectivity index (χ4v) is 4.69. The first-order chi connectivity index (χ1) is 14.1. The van der Waals surface area contributed by atoms with Crippen molar-refractivity contribution in [3.63, 3.8) is 0 Å². The first kappa shape index (κ1) is 18.9. The van der Waals surface area contributed by atoms with Crippen molar-refractivity contribution in [2.45, 2.75) is 43.9 Å². The monoisotopic (exact) mass is 414 g/mol. The van der Waals surface area contributed by atoms with Crippen LogP contribution in [0.3, 0.4) is 0 Å². The third kappa shape index (κ3) is 3.86. The average Bonchev–Trinajstić information content (AvgIpc) is 3.46. The molecule has 0 amide bonds. The molecule has 0 radical (unpaired) electrons. The van der Waals surface area contributed by atoms with Crippen LogP contribution in [0.15, 0.2) is 24.5 Å². The lowest BCUT2D eigenvalue weighted by Crippen LogP contribution is -2.57. The molecule has 3 N–H and O–H groups in total. The van der Waals surface area contributed by atoms with Crippen molar-refractivity contribution in [2.75, 3.05) is 36.4 Å².